The first kappa shape index (κ1) is 13.6. The number of hydrogen-bond donors (Lipinski definition) is 1. The minimum Gasteiger partial charge on any atom is -0.383 e. The van der Waals surface area contributed by atoms with Crippen molar-refractivity contribution in [1.82, 2.24) is 9.55 Å². The largest absolute Gasteiger partial charge is 0.383 e. The Morgan fingerprint density at radius 3 is 2.53 bits per heavy atom. The minimum atomic E-state index is -0.228. The lowest BCUT2D eigenvalue weighted by Crippen LogP contribution is -2.08. The van der Waals surface area contributed by atoms with Crippen LogP contribution in [0, 0.1) is 12.7 Å². The van der Waals surface area contributed by atoms with E-state index in [0.717, 1.165) is 17.8 Å². The summed E-state index contributed by atoms with van der Waals surface area (Å²) in [6.07, 6.45) is 0.802. The molecule has 2 rings (SSSR count). The van der Waals surface area contributed by atoms with Gasteiger partial charge in [-0.1, -0.05) is 19.1 Å². The summed E-state index contributed by atoms with van der Waals surface area (Å²) < 4.78 is 15.7. The van der Waals surface area contributed by atoms with Gasteiger partial charge in [0.25, 0.3) is 0 Å². The van der Waals surface area contributed by atoms with E-state index in [1.807, 2.05) is 17.6 Å². The van der Waals surface area contributed by atoms with Crippen LogP contribution in [0.2, 0.25) is 0 Å². The van der Waals surface area contributed by atoms with Gasteiger partial charge in [-0.05, 0) is 32.4 Å². The molecule has 0 aliphatic rings. The number of halogens is 1. The maximum Gasteiger partial charge on any atom is 0.131 e. The molecule has 0 amide bonds. The number of anilines is 1. The highest BCUT2D eigenvalue weighted by Crippen LogP contribution is 2.30. The third kappa shape index (κ3) is 2.35. The van der Waals surface area contributed by atoms with Crippen LogP contribution in [-0.2, 0) is 6.42 Å². The van der Waals surface area contributed by atoms with Crippen LogP contribution in [-0.4, -0.2) is 9.55 Å². The Morgan fingerprint density at radius 2 is 2.05 bits per heavy atom. The smallest absolute Gasteiger partial charge is 0.131 e. The molecule has 2 aromatic rings. The molecule has 3 nitrogen and oxygen atoms in total. The van der Waals surface area contributed by atoms with Crippen LogP contribution in [0.15, 0.2) is 18.2 Å². The van der Waals surface area contributed by atoms with E-state index >= 15 is 0 Å². The first-order valence-electron chi connectivity index (χ1n) is 6.58. The highest BCUT2D eigenvalue weighted by molar-refractivity contribution is 5.71. The van der Waals surface area contributed by atoms with Crippen molar-refractivity contribution < 1.29 is 4.39 Å². The number of nitrogen functional groups attached to an aromatic ring is 1. The van der Waals surface area contributed by atoms with E-state index in [0.29, 0.717) is 17.1 Å². The van der Waals surface area contributed by atoms with Crippen molar-refractivity contribution in [2.75, 3.05) is 5.73 Å². The number of aryl methyl sites for hydroxylation is 2. The van der Waals surface area contributed by atoms with Crippen molar-refractivity contribution in [2.24, 2.45) is 0 Å². The van der Waals surface area contributed by atoms with E-state index < -0.39 is 0 Å². The molecular formula is C15H20FN3. The van der Waals surface area contributed by atoms with Gasteiger partial charge in [0.15, 0.2) is 0 Å². The van der Waals surface area contributed by atoms with Crippen LogP contribution < -0.4 is 5.73 Å². The molecule has 102 valence electrons. The standard InChI is InChI=1S/C15H20FN3/c1-5-13-18-14(15(17)19(13)9(2)3)11-7-6-10(4)12(16)8-11/h6-9H,5,17H2,1-4H3. The first-order valence-corrected chi connectivity index (χ1v) is 6.58. The van der Waals surface area contributed by atoms with Gasteiger partial charge in [-0.25, -0.2) is 9.37 Å². The zero-order valence-corrected chi connectivity index (χ0v) is 11.9. The molecule has 1 aromatic heterocycles. The van der Waals surface area contributed by atoms with Crippen LogP contribution in [0.1, 0.15) is 38.2 Å². The summed E-state index contributed by atoms with van der Waals surface area (Å²) in [6.45, 7) is 7.92. The molecule has 0 aliphatic carbocycles. The Balaban J connectivity index is 2.59. The monoisotopic (exact) mass is 261 g/mol. The van der Waals surface area contributed by atoms with Gasteiger partial charge >= 0.3 is 0 Å². The average Bonchev–Trinajstić information content (AvgIpc) is 2.70. The summed E-state index contributed by atoms with van der Waals surface area (Å²) in [7, 11) is 0. The van der Waals surface area contributed by atoms with Gasteiger partial charge in [0.05, 0.1) is 0 Å². The lowest BCUT2D eigenvalue weighted by molar-refractivity contribution is 0.579. The second-order valence-corrected chi connectivity index (χ2v) is 5.04. The van der Waals surface area contributed by atoms with Crippen molar-refractivity contribution in [1.29, 1.82) is 0 Å². The summed E-state index contributed by atoms with van der Waals surface area (Å²) in [5.74, 6) is 1.31. The van der Waals surface area contributed by atoms with Crippen LogP contribution >= 0.6 is 0 Å². The molecule has 0 atom stereocenters. The van der Waals surface area contributed by atoms with E-state index in [1.165, 1.54) is 6.07 Å². The Morgan fingerprint density at radius 1 is 1.37 bits per heavy atom. The SMILES string of the molecule is CCc1nc(-c2ccc(C)c(F)c2)c(N)n1C(C)C. The van der Waals surface area contributed by atoms with Crippen LogP contribution in [0.25, 0.3) is 11.3 Å². The van der Waals surface area contributed by atoms with E-state index in [4.69, 9.17) is 5.73 Å². The molecule has 0 radical (unpaired) electrons. The Hall–Kier alpha value is -1.84. The summed E-state index contributed by atoms with van der Waals surface area (Å²) in [6, 6.07) is 5.36. The average molecular weight is 261 g/mol. The van der Waals surface area contributed by atoms with Gasteiger partial charge in [-0.15, -0.1) is 0 Å². The van der Waals surface area contributed by atoms with Gasteiger partial charge in [0.2, 0.25) is 0 Å². The highest BCUT2D eigenvalue weighted by Gasteiger charge is 2.17. The molecule has 1 heterocycles. The van der Waals surface area contributed by atoms with Crippen molar-refractivity contribution in [3.63, 3.8) is 0 Å². The lowest BCUT2D eigenvalue weighted by atomic mass is 10.1. The minimum absolute atomic E-state index is 0.228. The molecule has 0 spiro atoms. The number of hydrogen-bond acceptors (Lipinski definition) is 2. The van der Waals surface area contributed by atoms with E-state index in [2.05, 4.69) is 18.8 Å². The molecule has 0 saturated heterocycles. The van der Waals surface area contributed by atoms with E-state index in [9.17, 15) is 4.39 Å². The summed E-state index contributed by atoms with van der Waals surface area (Å²) >= 11 is 0. The number of rotatable bonds is 3. The molecule has 0 unspecified atom stereocenters. The van der Waals surface area contributed by atoms with Gasteiger partial charge in [-0.2, -0.15) is 0 Å². The molecule has 0 aliphatic heterocycles. The van der Waals surface area contributed by atoms with Crippen molar-refractivity contribution in [3.8, 4) is 11.3 Å². The molecule has 4 heteroatoms. The Kier molecular flexibility index (Phi) is 3.60. The first-order chi connectivity index (χ1) is 8.95. The third-order valence-corrected chi connectivity index (χ3v) is 3.30. The zero-order chi connectivity index (χ0) is 14.2. The molecule has 2 N–H and O–H groups in total. The molecule has 0 saturated carbocycles. The predicted molar refractivity (Wildman–Crippen MR) is 76.5 cm³/mol. The fraction of sp³-hybridized carbons (Fsp3) is 0.400. The summed E-state index contributed by atoms with van der Waals surface area (Å²) in [5, 5.41) is 0. The fourth-order valence-corrected chi connectivity index (χ4v) is 2.27. The highest BCUT2D eigenvalue weighted by atomic mass is 19.1. The van der Waals surface area contributed by atoms with Gasteiger partial charge in [-0.3, -0.25) is 0 Å². The second-order valence-electron chi connectivity index (χ2n) is 5.04. The van der Waals surface area contributed by atoms with Gasteiger partial charge < -0.3 is 10.3 Å². The number of aromatic nitrogens is 2. The van der Waals surface area contributed by atoms with Crippen LogP contribution in [0.4, 0.5) is 10.2 Å². The predicted octanol–water partition coefficient (Wildman–Crippen LogP) is 3.72. The van der Waals surface area contributed by atoms with Crippen molar-refractivity contribution >= 4 is 5.82 Å². The number of nitrogens with zero attached hydrogens (tertiary/aromatic N) is 2. The van der Waals surface area contributed by atoms with Gasteiger partial charge in [0, 0.05) is 18.0 Å². The van der Waals surface area contributed by atoms with Gasteiger partial charge in [0.1, 0.15) is 23.2 Å². The molecule has 0 fully saturated rings. The molecular weight excluding hydrogens is 241 g/mol. The number of benzene rings is 1. The van der Waals surface area contributed by atoms with Crippen molar-refractivity contribution in [3.05, 3.63) is 35.4 Å². The quantitative estimate of drug-likeness (QED) is 0.915. The van der Waals surface area contributed by atoms with Crippen LogP contribution in [0.5, 0.6) is 0 Å². The number of imidazole rings is 1. The zero-order valence-electron chi connectivity index (χ0n) is 11.9. The normalized spacial score (nSPS) is 11.3. The maximum atomic E-state index is 13.7. The van der Waals surface area contributed by atoms with Crippen molar-refractivity contribution in [2.45, 2.75) is 40.2 Å². The van der Waals surface area contributed by atoms with E-state index in [1.54, 1.807) is 13.0 Å². The molecule has 0 bridgehead atoms. The Bertz CT molecular complexity index is 600. The third-order valence-electron chi connectivity index (χ3n) is 3.30. The maximum absolute atomic E-state index is 13.7. The van der Waals surface area contributed by atoms with E-state index in [-0.39, 0.29) is 11.9 Å². The fourth-order valence-electron chi connectivity index (χ4n) is 2.27. The Labute approximate surface area is 113 Å². The lowest BCUT2D eigenvalue weighted by Gasteiger charge is -2.12. The van der Waals surface area contributed by atoms with Crippen LogP contribution in [0.3, 0.4) is 0 Å². The topological polar surface area (TPSA) is 43.8 Å². The molecule has 19 heavy (non-hydrogen) atoms. The summed E-state index contributed by atoms with van der Waals surface area (Å²) in [5.41, 5.74) is 8.21. The number of nitrogens with two attached hydrogens (primary N) is 1. The second kappa shape index (κ2) is 5.03. The summed E-state index contributed by atoms with van der Waals surface area (Å²) in [4.78, 5) is 4.56. The molecule has 1 aromatic carbocycles.